The van der Waals surface area contributed by atoms with Crippen LogP contribution in [-0.2, 0) is 6.18 Å². The van der Waals surface area contributed by atoms with Crippen LogP contribution in [0.3, 0.4) is 0 Å². The first kappa shape index (κ1) is 7.84. The van der Waals surface area contributed by atoms with Crippen molar-refractivity contribution in [2.24, 2.45) is 0 Å². The Labute approximate surface area is 60.9 Å². The third-order valence-electron chi connectivity index (χ3n) is 1.05. The molecule has 59 valence electrons. The molecule has 0 saturated carbocycles. The lowest BCUT2D eigenvalue weighted by molar-refractivity contribution is -0.137. The van der Waals surface area contributed by atoms with Crippen molar-refractivity contribution in [3.63, 3.8) is 0 Å². The van der Waals surface area contributed by atoms with Gasteiger partial charge >= 0.3 is 6.18 Å². The molecule has 1 rings (SSSR count). The van der Waals surface area contributed by atoms with Crippen molar-refractivity contribution in [2.75, 3.05) is 5.73 Å². The molecule has 1 aromatic rings. The second-order valence-electron chi connectivity index (χ2n) is 1.89. The first-order chi connectivity index (χ1) is 5.00. The molecule has 0 bridgehead atoms. The molecule has 1 radical (unpaired) electrons. The van der Waals surface area contributed by atoms with Gasteiger partial charge in [0.1, 0.15) is 5.82 Å². The van der Waals surface area contributed by atoms with E-state index in [0.717, 1.165) is 6.07 Å². The van der Waals surface area contributed by atoms with E-state index in [1.807, 2.05) is 0 Å². The summed E-state index contributed by atoms with van der Waals surface area (Å²) in [5.41, 5.74) is 4.19. The molecule has 0 aliphatic carbocycles. The topological polar surface area (TPSA) is 38.9 Å². The van der Waals surface area contributed by atoms with Crippen LogP contribution in [0.5, 0.6) is 0 Å². The maximum Gasteiger partial charge on any atom is 0.417 e. The molecular formula is C6H4F3N2. The number of alkyl halides is 3. The Bertz CT molecular complexity index is 239. The molecule has 0 aliphatic rings. The number of aromatic nitrogens is 1. The molecule has 0 atom stereocenters. The van der Waals surface area contributed by atoms with Crippen LogP contribution < -0.4 is 5.73 Å². The van der Waals surface area contributed by atoms with Crippen LogP contribution >= 0.6 is 0 Å². The number of nitrogens with zero attached hydrogens (tertiary/aromatic N) is 1. The molecule has 5 heteroatoms. The first-order valence-electron chi connectivity index (χ1n) is 2.70. The van der Waals surface area contributed by atoms with Crippen LogP contribution in [-0.4, -0.2) is 4.98 Å². The lowest BCUT2D eigenvalue weighted by Gasteiger charge is -2.04. The zero-order valence-electron chi connectivity index (χ0n) is 5.31. The SMILES string of the molecule is Nc1[c]cc(C(F)(F)F)cn1. The first-order valence-corrected chi connectivity index (χ1v) is 2.70. The summed E-state index contributed by atoms with van der Waals surface area (Å²) in [6.07, 6.45) is -3.69. The fourth-order valence-corrected chi connectivity index (χ4v) is 0.520. The van der Waals surface area contributed by atoms with Crippen molar-refractivity contribution < 1.29 is 13.2 Å². The molecule has 0 aromatic carbocycles. The lowest BCUT2D eigenvalue weighted by atomic mass is 10.3. The van der Waals surface area contributed by atoms with Gasteiger partial charge in [0.2, 0.25) is 0 Å². The van der Waals surface area contributed by atoms with Crippen LogP contribution in [0.4, 0.5) is 19.0 Å². The monoisotopic (exact) mass is 161 g/mol. The minimum atomic E-state index is -4.36. The third-order valence-corrected chi connectivity index (χ3v) is 1.05. The lowest BCUT2D eigenvalue weighted by Crippen LogP contribution is -2.05. The van der Waals surface area contributed by atoms with Crippen molar-refractivity contribution in [1.82, 2.24) is 4.98 Å². The molecule has 0 amide bonds. The van der Waals surface area contributed by atoms with Crippen molar-refractivity contribution in [3.05, 3.63) is 23.9 Å². The molecule has 11 heavy (non-hydrogen) atoms. The molecule has 0 fully saturated rings. The standard InChI is InChI=1S/C6H4F3N2/c7-6(8,9)4-1-2-5(10)11-3-4/h1,3H,(H2,10,11). The fraction of sp³-hybridized carbons (Fsp3) is 0.167. The van der Waals surface area contributed by atoms with E-state index in [1.165, 1.54) is 0 Å². The average molecular weight is 161 g/mol. The number of nitrogen functional groups attached to an aromatic ring is 1. The van der Waals surface area contributed by atoms with Gasteiger partial charge in [-0.25, -0.2) is 4.98 Å². The molecule has 0 saturated heterocycles. The van der Waals surface area contributed by atoms with Gasteiger partial charge in [0, 0.05) is 12.3 Å². The highest BCUT2D eigenvalue weighted by Crippen LogP contribution is 2.28. The Morgan fingerprint density at radius 1 is 1.45 bits per heavy atom. The van der Waals surface area contributed by atoms with Crippen molar-refractivity contribution in [1.29, 1.82) is 0 Å². The Hall–Kier alpha value is -1.26. The summed E-state index contributed by atoms with van der Waals surface area (Å²) < 4.78 is 35.5. The van der Waals surface area contributed by atoms with Crippen LogP contribution in [0.25, 0.3) is 0 Å². The molecule has 2 N–H and O–H groups in total. The molecular weight excluding hydrogens is 157 g/mol. The van der Waals surface area contributed by atoms with Gasteiger partial charge in [0.05, 0.1) is 5.56 Å². The predicted molar refractivity (Wildman–Crippen MR) is 32.5 cm³/mol. The number of hydrogen-bond acceptors (Lipinski definition) is 2. The van der Waals surface area contributed by atoms with Gasteiger partial charge in [-0.05, 0) is 6.07 Å². The minimum absolute atomic E-state index is 0.0435. The molecule has 0 unspecified atom stereocenters. The summed E-state index contributed by atoms with van der Waals surface area (Å²) in [5.74, 6) is -0.0435. The summed E-state index contributed by atoms with van der Waals surface area (Å²) >= 11 is 0. The summed E-state index contributed by atoms with van der Waals surface area (Å²) in [6.45, 7) is 0. The van der Waals surface area contributed by atoms with Gasteiger partial charge in [-0.3, -0.25) is 0 Å². The number of hydrogen-bond donors (Lipinski definition) is 1. The number of pyridine rings is 1. The van der Waals surface area contributed by atoms with E-state index in [-0.39, 0.29) is 5.82 Å². The van der Waals surface area contributed by atoms with E-state index in [2.05, 4.69) is 11.1 Å². The van der Waals surface area contributed by atoms with E-state index in [0.29, 0.717) is 6.20 Å². The number of halogens is 3. The summed E-state index contributed by atoms with van der Waals surface area (Å²) in [7, 11) is 0. The minimum Gasteiger partial charge on any atom is -0.383 e. The zero-order chi connectivity index (χ0) is 8.48. The zero-order valence-corrected chi connectivity index (χ0v) is 5.31. The van der Waals surface area contributed by atoms with E-state index in [9.17, 15) is 13.2 Å². The van der Waals surface area contributed by atoms with E-state index >= 15 is 0 Å². The number of rotatable bonds is 0. The summed E-state index contributed by atoms with van der Waals surface area (Å²) in [5, 5.41) is 0. The highest BCUT2D eigenvalue weighted by Gasteiger charge is 2.30. The van der Waals surface area contributed by atoms with Crippen molar-refractivity contribution in [2.45, 2.75) is 6.18 Å². The predicted octanol–water partition coefficient (Wildman–Crippen LogP) is 1.48. The summed E-state index contributed by atoms with van der Waals surface area (Å²) in [6, 6.07) is 2.92. The van der Waals surface area contributed by atoms with Crippen LogP contribution in [0.15, 0.2) is 12.3 Å². The summed E-state index contributed by atoms with van der Waals surface area (Å²) in [4.78, 5) is 3.25. The molecule has 1 aromatic heterocycles. The van der Waals surface area contributed by atoms with Gasteiger partial charge in [-0.1, -0.05) is 0 Å². The molecule has 1 heterocycles. The van der Waals surface area contributed by atoms with Crippen LogP contribution in [0.2, 0.25) is 0 Å². The Kier molecular flexibility index (Phi) is 1.72. The van der Waals surface area contributed by atoms with Crippen molar-refractivity contribution >= 4 is 5.82 Å². The maximum absolute atomic E-state index is 11.8. The average Bonchev–Trinajstić information content (AvgIpc) is 1.86. The van der Waals surface area contributed by atoms with Crippen LogP contribution in [0, 0.1) is 6.07 Å². The van der Waals surface area contributed by atoms with E-state index in [1.54, 1.807) is 0 Å². The number of anilines is 1. The highest BCUT2D eigenvalue weighted by molar-refractivity contribution is 5.28. The highest BCUT2D eigenvalue weighted by atomic mass is 19.4. The third kappa shape index (κ3) is 1.83. The Balaban J connectivity index is 2.99. The second-order valence-corrected chi connectivity index (χ2v) is 1.89. The maximum atomic E-state index is 11.8. The normalized spacial score (nSPS) is 11.5. The Morgan fingerprint density at radius 2 is 2.09 bits per heavy atom. The van der Waals surface area contributed by atoms with Gasteiger partial charge in [-0.15, -0.1) is 0 Å². The largest absolute Gasteiger partial charge is 0.417 e. The Morgan fingerprint density at radius 3 is 2.45 bits per heavy atom. The molecule has 2 nitrogen and oxygen atoms in total. The second kappa shape index (κ2) is 2.41. The van der Waals surface area contributed by atoms with Gasteiger partial charge in [-0.2, -0.15) is 13.2 Å². The van der Waals surface area contributed by atoms with Gasteiger partial charge < -0.3 is 5.73 Å². The van der Waals surface area contributed by atoms with E-state index < -0.39 is 11.7 Å². The smallest absolute Gasteiger partial charge is 0.383 e. The van der Waals surface area contributed by atoms with Gasteiger partial charge in [0.25, 0.3) is 0 Å². The van der Waals surface area contributed by atoms with Crippen LogP contribution in [0.1, 0.15) is 5.56 Å². The van der Waals surface area contributed by atoms with Gasteiger partial charge in [0.15, 0.2) is 0 Å². The van der Waals surface area contributed by atoms with Crippen molar-refractivity contribution in [3.8, 4) is 0 Å². The number of nitrogens with two attached hydrogens (primary N) is 1. The molecule has 0 spiro atoms. The molecule has 0 aliphatic heterocycles. The quantitative estimate of drug-likeness (QED) is 0.625. The fourth-order valence-electron chi connectivity index (χ4n) is 0.520. The van der Waals surface area contributed by atoms with E-state index in [4.69, 9.17) is 5.73 Å².